The standard InChI is InChI=1S/C30H38N4O5/c1-19-13-27(30(37-4)10-12-38-18-30)33-29(14-19)34-17-25(24-16-31-28(15-26(24)34)32-20(2)35)23-7-5-22(6-8-23)9-11-39-21(3)36/h13-17,22-23H,5-12,18H2,1-4H3,(H,31,32,35)/t22?,23?,30-/m0/s1. The van der Waals surface area contributed by atoms with E-state index in [9.17, 15) is 9.59 Å². The molecule has 1 N–H and O–H groups in total. The van der Waals surface area contributed by atoms with Gasteiger partial charge in [-0.25, -0.2) is 9.97 Å². The van der Waals surface area contributed by atoms with Gasteiger partial charge in [0.2, 0.25) is 5.91 Å². The van der Waals surface area contributed by atoms with Gasteiger partial charge in [-0.3, -0.25) is 9.59 Å². The predicted molar refractivity (Wildman–Crippen MR) is 148 cm³/mol. The Bertz CT molecular complexity index is 1350. The quantitative estimate of drug-likeness (QED) is 0.397. The summed E-state index contributed by atoms with van der Waals surface area (Å²) in [5.41, 5.74) is 3.61. The Kier molecular flexibility index (Phi) is 8.00. The van der Waals surface area contributed by atoms with Crippen LogP contribution < -0.4 is 5.32 Å². The zero-order valence-electron chi connectivity index (χ0n) is 23.3. The topological polar surface area (TPSA) is 105 Å². The summed E-state index contributed by atoms with van der Waals surface area (Å²) in [6, 6.07) is 6.09. The van der Waals surface area contributed by atoms with E-state index >= 15 is 0 Å². The van der Waals surface area contributed by atoms with Gasteiger partial charge in [0.25, 0.3) is 0 Å². The molecule has 4 heterocycles. The zero-order valence-corrected chi connectivity index (χ0v) is 23.3. The first-order valence-corrected chi connectivity index (χ1v) is 13.8. The number of aryl methyl sites for hydroxylation is 1. The fourth-order valence-corrected chi connectivity index (χ4v) is 6.06. The van der Waals surface area contributed by atoms with E-state index in [0.29, 0.717) is 37.5 Å². The average Bonchev–Trinajstić information content (AvgIpc) is 3.54. The van der Waals surface area contributed by atoms with Crippen molar-refractivity contribution in [3.8, 4) is 5.82 Å². The summed E-state index contributed by atoms with van der Waals surface area (Å²) in [7, 11) is 1.72. The molecule has 9 heteroatoms. The number of pyridine rings is 2. The van der Waals surface area contributed by atoms with Gasteiger partial charge in [0.15, 0.2) is 0 Å². The van der Waals surface area contributed by atoms with Crippen LogP contribution >= 0.6 is 0 Å². The predicted octanol–water partition coefficient (Wildman–Crippen LogP) is 5.18. The maximum Gasteiger partial charge on any atom is 0.302 e. The Labute approximate surface area is 229 Å². The van der Waals surface area contributed by atoms with Gasteiger partial charge in [-0.2, -0.15) is 0 Å². The van der Waals surface area contributed by atoms with Gasteiger partial charge in [0.1, 0.15) is 17.2 Å². The second-order valence-corrected chi connectivity index (χ2v) is 11.0. The van der Waals surface area contributed by atoms with Crippen molar-refractivity contribution in [2.45, 2.75) is 70.8 Å². The van der Waals surface area contributed by atoms with E-state index in [1.165, 1.54) is 19.4 Å². The molecule has 1 aliphatic heterocycles. The molecule has 9 nitrogen and oxygen atoms in total. The van der Waals surface area contributed by atoms with Crippen LogP contribution in [-0.2, 0) is 29.4 Å². The fraction of sp³-hybridized carbons (Fsp3) is 0.533. The van der Waals surface area contributed by atoms with E-state index in [4.69, 9.17) is 19.2 Å². The van der Waals surface area contributed by atoms with Crippen LogP contribution in [-0.4, -0.2) is 53.3 Å². The molecule has 208 valence electrons. The highest BCUT2D eigenvalue weighted by Gasteiger charge is 2.39. The van der Waals surface area contributed by atoms with E-state index in [2.05, 4.69) is 40.1 Å². The maximum atomic E-state index is 11.8. The Balaban J connectivity index is 1.50. The molecule has 1 saturated heterocycles. The second-order valence-electron chi connectivity index (χ2n) is 11.0. The van der Waals surface area contributed by atoms with Crippen LogP contribution in [0.3, 0.4) is 0 Å². The number of fused-ring (bicyclic) bond motifs is 1. The van der Waals surface area contributed by atoms with E-state index in [-0.39, 0.29) is 11.9 Å². The third-order valence-corrected chi connectivity index (χ3v) is 8.19. The number of ether oxygens (including phenoxy) is 3. The molecule has 3 aromatic heterocycles. The van der Waals surface area contributed by atoms with E-state index in [1.807, 2.05) is 12.3 Å². The number of amides is 1. The van der Waals surface area contributed by atoms with E-state index in [1.54, 1.807) is 7.11 Å². The minimum Gasteiger partial charge on any atom is -0.466 e. The van der Waals surface area contributed by atoms with Crippen LogP contribution in [0.15, 0.2) is 30.6 Å². The minimum atomic E-state index is -0.556. The molecule has 3 aromatic rings. The lowest BCUT2D eigenvalue weighted by atomic mass is 9.78. The molecule has 2 aliphatic rings. The summed E-state index contributed by atoms with van der Waals surface area (Å²) in [5, 5.41) is 3.90. The van der Waals surface area contributed by atoms with Crippen molar-refractivity contribution in [1.29, 1.82) is 0 Å². The number of esters is 1. The van der Waals surface area contributed by atoms with Crippen LogP contribution in [0, 0.1) is 12.8 Å². The molecule has 0 radical (unpaired) electrons. The molecule has 0 bridgehead atoms. The number of nitrogens with zero attached hydrogens (tertiary/aromatic N) is 3. The van der Waals surface area contributed by atoms with Crippen molar-refractivity contribution in [3.63, 3.8) is 0 Å². The zero-order chi connectivity index (χ0) is 27.6. The lowest BCUT2D eigenvalue weighted by Crippen LogP contribution is -2.30. The number of carbonyl (C=O) groups is 2. The highest BCUT2D eigenvalue weighted by molar-refractivity contribution is 5.92. The third-order valence-electron chi connectivity index (χ3n) is 8.19. The van der Waals surface area contributed by atoms with Crippen molar-refractivity contribution >= 4 is 28.6 Å². The normalized spacial score (nSPS) is 23.2. The molecule has 39 heavy (non-hydrogen) atoms. The smallest absolute Gasteiger partial charge is 0.302 e. The second kappa shape index (κ2) is 11.4. The highest BCUT2D eigenvalue weighted by atomic mass is 16.5. The molecule has 0 unspecified atom stereocenters. The van der Waals surface area contributed by atoms with Gasteiger partial charge in [-0.05, 0) is 74.1 Å². The third kappa shape index (κ3) is 5.84. The first-order valence-electron chi connectivity index (χ1n) is 13.8. The number of anilines is 1. The van der Waals surface area contributed by atoms with Crippen LogP contribution in [0.1, 0.15) is 75.1 Å². The number of aromatic nitrogens is 3. The van der Waals surface area contributed by atoms with Crippen LogP contribution in [0.4, 0.5) is 5.82 Å². The number of carbonyl (C=O) groups excluding carboxylic acids is 2. The average molecular weight is 535 g/mol. The first kappa shape index (κ1) is 27.3. The van der Waals surface area contributed by atoms with Gasteiger partial charge < -0.3 is 24.1 Å². The summed E-state index contributed by atoms with van der Waals surface area (Å²) in [5.74, 6) is 1.90. The fourth-order valence-electron chi connectivity index (χ4n) is 6.06. The lowest BCUT2D eigenvalue weighted by Gasteiger charge is -2.28. The molecule has 1 atom stereocenters. The highest BCUT2D eigenvalue weighted by Crippen LogP contribution is 2.41. The van der Waals surface area contributed by atoms with Crippen LogP contribution in [0.5, 0.6) is 0 Å². The van der Waals surface area contributed by atoms with Crippen LogP contribution in [0.25, 0.3) is 16.7 Å². The van der Waals surface area contributed by atoms with Gasteiger partial charge in [0, 0.05) is 57.8 Å². The number of hydrogen-bond donors (Lipinski definition) is 1. The molecule has 0 spiro atoms. The monoisotopic (exact) mass is 534 g/mol. The molecule has 1 amide bonds. The number of methoxy groups -OCH3 is 1. The summed E-state index contributed by atoms with van der Waals surface area (Å²) in [6.45, 7) is 6.63. The molecule has 2 fully saturated rings. The molecule has 1 aliphatic carbocycles. The summed E-state index contributed by atoms with van der Waals surface area (Å²) >= 11 is 0. The molecule has 0 aromatic carbocycles. The van der Waals surface area contributed by atoms with Gasteiger partial charge in [-0.1, -0.05) is 0 Å². The van der Waals surface area contributed by atoms with Gasteiger partial charge in [-0.15, -0.1) is 0 Å². The Morgan fingerprint density at radius 3 is 2.64 bits per heavy atom. The summed E-state index contributed by atoms with van der Waals surface area (Å²) < 4.78 is 18.9. The first-order chi connectivity index (χ1) is 18.8. The van der Waals surface area contributed by atoms with E-state index < -0.39 is 5.60 Å². The van der Waals surface area contributed by atoms with Gasteiger partial charge in [0.05, 0.1) is 24.4 Å². The minimum absolute atomic E-state index is 0.161. The van der Waals surface area contributed by atoms with Crippen LogP contribution in [0.2, 0.25) is 0 Å². The molecule has 5 rings (SSSR count). The lowest BCUT2D eigenvalue weighted by molar-refractivity contribution is -0.141. The molecular formula is C30H38N4O5. The van der Waals surface area contributed by atoms with Crippen molar-refractivity contribution in [2.75, 3.05) is 32.2 Å². The summed E-state index contributed by atoms with van der Waals surface area (Å²) in [4.78, 5) is 32.6. The SMILES string of the molecule is CO[C@@]1(c2cc(C)cc(-n3cc(C4CCC(CCOC(C)=O)CC4)c4cnc(NC(C)=O)cc43)n2)CCOC1. The number of hydrogen-bond acceptors (Lipinski definition) is 7. The molecular weight excluding hydrogens is 496 g/mol. The van der Waals surface area contributed by atoms with Crippen molar-refractivity contribution in [2.24, 2.45) is 5.92 Å². The summed E-state index contributed by atoms with van der Waals surface area (Å²) in [6.07, 6.45) is 10.1. The number of nitrogens with one attached hydrogen (secondary N) is 1. The Morgan fingerprint density at radius 1 is 1.18 bits per heavy atom. The maximum absolute atomic E-state index is 11.8. The van der Waals surface area contributed by atoms with Crippen molar-refractivity contribution in [3.05, 3.63) is 47.4 Å². The Hall–Kier alpha value is -3.30. The molecule has 1 saturated carbocycles. The number of rotatable bonds is 8. The largest absolute Gasteiger partial charge is 0.466 e. The van der Waals surface area contributed by atoms with Gasteiger partial charge >= 0.3 is 5.97 Å². The van der Waals surface area contributed by atoms with E-state index in [0.717, 1.165) is 66.5 Å². The Morgan fingerprint density at radius 2 is 1.97 bits per heavy atom. The van der Waals surface area contributed by atoms with Crippen molar-refractivity contribution < 1.29 is 23.8 Å². The van der Waals surface area contributed by atoms with Crippen molar-refractivity contribution in [1.82, 2.24) is 14.5 Å².